The van der Waals surface area contributed by atoms with Crippen LogP contribution in [0.5, 0.6) is 5.75 Å². The van der Waals surface area contributed by atoms with Gasteiger partial charge in [0.05, 0.1) is 48.1 Å². The highest BCUT2D eigenvalue weighted by atomic mass is 16.6. The number of anilines is 1. The molecule has 10 nitrogen and oxygen atoms in total. The summed E-state index contributed by atoms with van der Waals surface area (Å²) in [4.78, 5) is 40.5. The van der Waals surface area contributed by atoms with E-state index in [1.54, 1.807) is 54.1 Å². The minimum absolute atomic E-state index is 0.0515. The van der Waals surface area contributed by atoms with Gasteiger partial charge in [-0.2, -0.15) is 5.10 Å². The number of hydrogen-bond acceptors (Lipinski definition) is 7. The molecule has 1 N–H and O–H groups in total. The molecule has 0 aliphatic carbocycles. The average molecular weight is 549 g/mol. The third-order valence-corrected chi connectivity index (χ3v) is 6.57. The van der Waals surface area contributed by atoms with Crippen molar-refractivity contribution in [3.8, 4) is 11.4 Å². The third-order valence-electron chi connectivity index (χ3n) is 6.57. The molecule has 1 aliphatic rings. The Bertz CT molecular complexity index is 1350. The molecule has 10 heteroatoms. The van der Waals surface area contributed by atoms with E-state index in [0.29, 0.717) is 42.9 Å². The zero-order chi connectivity index (χ0) is 28.9. The van der Waals surface area contributed by atoms with E-state index in [1.165, 1.54) is 0 Å². The van der Waals surface area contributed by atoms with Crippen LogP contribution in [0.1, 0.15) is 72.9 Å². The molecule has 0 radical (unpaired) electrons. The maximum Gasteiger partial charge on any atom is 0.410 e. The molecule has 212 valence electrons. The van der Waals surface area contributed by atoms with Crippen LogP contribution < -0.4 is 10.1 Å². The van der Waals surface area contributed by atoms with Crippen molar-refractivity contribution in [2.45, 2.75) is 52.1 Å². The largest absolute Gasteiger partial charge is 0.497 e. The molecule has 2 aromatic carbocycles. The molecule has 4 rings (SSSR count). The normalized spacial score (nSPS) is 14.0. The predicted molar refractivity (Wildman–Crippen MR) is 150 cm³/mol. The third kappa shape index (κ3) is 6.62. The molecule has 40 heavy (non-hydrogen) atoms. The number of amides is 2. The first kappa shape index (κ1) is 28.7. The molecule has 0 bridgehead atoms. The Balaban J connectivity index is 1.64. The van der Waals surface area contributed by atoms with E-state index in [1.807, 2.05) is 45.0 Å². The number of carbonyl (C=O) groups excluding carboxylic acids is 3. The second kappa shape index (κ2) is 12.2. The van der Waals surface area contributed by atoms with Crippen LogP contribution >= 0.6 is 0 Å². The number of para-hydroxylation sites is 1. The van der Waals surface area contributed by atoms with Gasteiger partial charge in [0.2, 0.25) is 0 Å². The second-order valence-corrected chi connectivity index (χ2v) is 10.5. The van der Waals surface area contributed by atoms with Crippen molar-refractivity contribution in [1.29, 1.82) is 0 Å². The Morgan fingerprint density at radius 2 is 1.68 bits per heavy atom. The van der Waals surface area contributed by atoms with Crippen LogP contribution in [0.3, 0.4) is 0 Å². The van der Waals surface area contributed by atoms with Crippen LogP contribution in [-0.2, 0) is 9.47 Å². The lowest BCUT2D eigenvalue weighted by atomic mass is 9.90. The van der Waals surface area contributed by atoms with Gasteiger partial charge in [-0.25, -0.2) is 14.3 Å². The number of hydrogen-bond donors (Lipinski definition) is 1. The maximum atomic E-state index is 13.7. The Morgan fingerprint density at radius 3 is 2.30 bits per heavy atom. The van der Waals surface area contributed by atoms with Crippen molar-refractivity contribution in [2.24, 2.45) is 0 Å². The van der Waals surface area contributed by atoms with Gasteiger partial charge in [-0.05, 0) is 76.9 Å². The molecular weight excluding hydrogens is 512 g/mol. The predicted octanol–water partition coefficient (Wildman–Crippen LogP) is 5.42. The highest BCUT2D eigenvalue weighted by molar-refractivity contribution is 6.08. The van der Waals surface area contributed by atoms with Gasteiger partial charge in [0.1, 0.15) is 11.4 Å². The molecule has 3 aromatic rings. The van der Waals surface area contributed by atoms with E-state index in [-0.39, 0.29) is 30.1 Å². The summed E-state index contributed by atoms with van der Waals surface area (Å²) < 4.78 is 17.8. The van der Waals surface area contributed by atoms with Gasteiger partial charge in [-0.1, -0.05) is 12.1 Å². The Hall–Kier alpha value is -4.34. The molecule has 2 heterocycles. The first-order valence-corrected chi connectivity index (χ1v) is 13.4. The zero-order valence-corrected chi connectivity index (χ0v) is 23.6. The number of carbonyl (C=O) groups is 3. The number of methoxy groups -OCH3 is 1. The van der Waals surface area contributed by atoms with E-state index in [4.69, 9.17) is 14.2 Å². The highest BCUT2D eigenvalue weighted by Gasteiger charge is 2.32. The van der Waals surface area contributed by atoms with Crippen molar-refractivity contribution >= 4 is 23.7 Å². The van der Waals surface area contributed by atoms with Crippen molar-refractivity contribution < 1.29 is 28.6 Å². The number of nitrogens with zero attached hydrogens (tertiary/aromatic N) is 3. The van der Waals surface area contributed by atoms with Crippen LogP contribution in [0.15, 0.2) is 54.7 Å². The second-order valence-electron chi connectivity index (χ2n) is 10.5. The van der Waals surface area contributed by atoms with Crippen molar-refractivity contribution in [3.05, 3.63) is 71.5 Å². The van der Waals surface area contributed by atoms with Crippen molar-refractivity contribution in [2.75, 3.05) is 32.1 Å². The summed E-state index contributed by atoms with van der Waals surface area (Å²) in [5.74, 6) is -0.246. The first-order chi connectivity index (χ1) is 19.1. The van der Waals surface area contributed by atoms with E-state index < -0.39 is 11.6 Å². The molecule has 1 aromatic heterocycles. The fourth-order valence-electron chi connectivity index (χ4n) is 4.69. The van der Waals surface area contributed by atoms with Crippen LogP contribution in [0, 0.1) is 0 Å². The summed E-state index contributed by atoms with van der Waals surface area (Å²) in [5.41, 5.74) is 1.95. The minimum atomic E-state index is -0.577. The van der Waals surface area contributed by atoms with Gasteiger partial charge in [-0.15, -0.1) is 0 Å². The Labute approximate surface area is 234 Å². The van der Waals surface area contributed by atoms with Gasteiger partial charge >= 0.3 is 12.1 Å². The Morgan fingerprint density at radius 1 is 1.00 bits per heavy atom. The van der Waals surface area contributed by atoms with E-state index in [9.17, 15) is 14.4 Å². The fraction of sp³-hybridized carbons (Fsp3) is 0.400. The summed E-state index contributed by atoms with van der Waals surface area (Å²) in [5, 5.41) is 7.47. The number of likely N-dealkylation sites (tertiary alicyclic amines) is 1. The number of ether oxygens (including phenoxy) is 3. The van der Waals surface area contributed by atoms with Crippen LogP contribution in [0.4, 0.5) is 10.5 Å². The molecule has 0 unspecified atom stereocenters. The monoisotopic (exact) mass is 548 g/mol. The molecule has 0 saturated carbocycles. The van der Waals surface area contributed by atoms with E-state index in [2.05, 4.69) is 10.4 Å². The van der Waals surface area contributed by atoms with Crippen LogP contribution in [-0.4, -0.2) is 65.1 Å². The van der Waals surface area contributed by atoms with Crippen LogP contribution in [0.2, 0.25) is 0 Å². The molecule has 0 spiro atoms. The molecule has 0 atom stereocenters. The standard InChI is InChI=1S/C30H36N4O6/c1-6-39-28(36)23-9-7-8-10-25(23)32-27(35)24-19-31-34(21-11-13-22(38-5)14-12-21)26(24)20-15-17-33(18-16-20)29(37)40-30(2,3)4/h7-14,19-20H,6,15-18H2,1-5H3,(H,32,35). The van der Waals surface area contributed by atoms with E-state index in [0.717, 1.165) is 11.4 Å². The molecule has 1 aliphatic heterocycles. The topological polar surface area (TPSA) is 112 Å². The number of esters is 1. The summed E-state index contributed by atoms with van der Waals surface area (Å²) in [6.07, 6.45) is 2.45. The maximum absolute atomic E-state index is 13.7. The number of aromatic nitrogens is 2. The van der Waals surface area contributed by atoms with Gasteiger partial charge < -0.3 is 24.4 Å². The molecular formula is C30H36N4O6. The van der Waals surface area contributed by atoms with Crippen LogP contribution in [0.25, 0.3) is 5.69 Å². The SMILES string of the molecule is CCOC(=O)c1ccccc1NC(=O)c1cnn(-c2ccc(OC)cc2)c1C1CCN(C(=O)OC(C)(C)C)CC1. The van der Waals surface area contributed by atoms with Gasteiger partial charge in [0, 0.05) is 19.0 Å². The summed E-state index contributed by atoms with van der Waals surface area (Å²) >= 11 is 0. The fourth-order valence-corrected chi connectivity index (χ4v) is 4.69. The minimum Gasteiger partial charge on any atom is -0.497 e. The van der Waals surface area contributed by atoms with Gasteiger partial charge in [0.15, 0.2) is 0 Å². The number of nitrogens with one attached hydrogen (secondary N) is 1. The summed E-state index contributed by atoms with van der Waals surface area (Å²) in [6, 6.07) is 14.2. The lowest BCUT2D eigenvalue weighted by Crippen LogP contribution is -2.41. The molecule has 1 fully saturated rings. The number of piperidine rings is 1. The lowest BCUT2D eigenvalue weighted by molar-refractivity contribution is 0.0203. The number of benzene rings is 2. The highest BCUT2D eigenvalue weighted by Crippen LogP contribution is 2.33. The summed E-state index contributed by atoms with van der Waals surface area (Å²) in [6.45, 7) is 8.46. The quantitative estimate of drug-likeness (QED) is 0.392. The average Bonchev–Trinajstić information content (AvgIpc) is 3.38. The number of rotatable bonds is 7. The zero-order valence-electron chi connectivity index (χ0n) is 23.6. The lowest BCUT2D eigenvalue weighted by Gasteiger charge is -2.34. The van der Waals surface area contributed by atoms with Crippen molar-refractivity contribution in [1.82, 2.24) is 14.7 Å². The van der Waals surface area contributed by atoms with Crippen molar-refractivity contribution in [3.63, 3.8) is 0 Å². The van der Waals surface area contributed by atoms with E-state index >= 15 is 0 Å². The molecule has 1 saturated heterocycles. The molecule has 2 amide bonds. The smallest absolute Gasteiger partial charge is 0.410 e. The Kier molecular flexibility index (Phi) is 8.77. The first-order valence-electron chi connectivity index (χ1n) is 13.4. The van der Waals surface area contributed by atoms with Gasteiger partial charge in [0.25, 0.3) is 5.91 Å². The van der Waals surface area contributed by atoms with Gasteiger partial charge in [-0.3, -0.25) is 4.79 Å². The summed E-state index contributed by atoms with van der Waals surface area (Å²) in [7, 11) is 1.60.